The maximum absolute atomic E-state index is 13.0. The molecule has 0 rings (SSSR count). The Morgan fingerprint density at radius 2 is 1.57 bits per heavy atom. The fourth-order valence-corrected chi connectivity index (χ4v) is 4.28. The molecule has 0 amide bonds. The second kappa shape index (κ2) is 11.6. The van der Waals surface area contributed by atoms with E-state index in [0.717, 1.165) is 32.1 Å². The second-order valence-electron chi connectivity index (χ2n) is 5.28. The van der Waals surface area contributed by atoms with Gasteiger partial charge in [0.05, 0.1) is 13.2 Å². The molecule has 0 radical (unpaired) electrons. The van der Waals surface area contributed by atoms with Gasteiger partial charge in [0.15, 0.2) is 0 Å². The van der Waals surface area contributed by atoms with Crippen LogP contribution in [0.3, 0.4) is 0 Å². The van der Waals surface area contributed by atoms with Crippen molar-refractivity contribution >= 4 is 25.0 Å². The molecule has 0 fully saturated rings. The highest BCUT2D eigenvalue weighted by Crippen LogP contribution is 2.55. The molecule has 21 heavy (non-hydrogen) atoms. The number of carbonyl (C=O) groups excluding carboxylic acids is 1. The largest absolute Gasteiger partial charge is 0.341 e. The highest BCUT2D eigenvalue weighted by atomic mass is 35.5. The van der Waals surface area contributed by atoms with Gasteiger partial charge >= 0.3 is 7.60 Å². The Morgan fingerprint density at radius 3 is 1.90 bits per heavy atom. The first-order valence-electron chi connectivity index (χ1n) is 7.94. The molecule has 4 nitrogen and oxygen atoms in total. The molecule has 0 saturated carbocycles. The molecule has 0 N–H and O–H groups in total. The summed E-state index contributed by atoms with van der Waals surface area (Å²) < 4.78 is 24.1. The van der Waals surface area contributed by atoms with Crippen LogP contribution in [0.4, 0.5) is 0 Å². The van der Waals surface area contributed by atoms with Crippen LogP contribution in [0.2, 0.25) is 0 Å². The molecular weight excluding hydrogens is 311 g/mol. The Labute approximate surface area is 134 Å². The summed E-state index contributed by atoms with van der Waals surface area (Å²) in [7, 11) is -3.45. The Hall–Kier alpha value is 0.110. The molecule has 0 aliphatic heterocycles. The molecule has 2 atom stereocenters. The molecule has 0 heterocycles. The molecule has 0 saturated heterocycles. The normalized spacial score (nSPS) is 14.9. The fourth-order valence-electron chi connectivity index (χ4n) is 1.82. The quantitative estimate of drug-likeness (QED) is 0.263. The SMILES string of the molecule is CCCCOP(=O)(OCCCC)C(CC(Cl)CC)C(C)=O. The minimum absolute atomic E-state index is 0.176. The number of alkyl halides is 1. The number of carbonyl (C=O) groups is 1. The molecule has 0 aliphatic carbocycles. The molecule has 0 aliphatic rings. The zero-order chi connectivity index (χ0) is 16.3. The van der Waals surface area contributed by atoms with Gasteiger partial charge in [-0.2, -0.15) is 0 Å². The van der Waals surface area contributed by atoms with Crippen LogP contribution in [0.5, 0.6) is 0 Å². The first-order chi connectivity index (χ1) is 9.91. The molecule has 0 aromatic heterocycles. The minimum atomic E-state index is -3.45. The molecule has 0 aromatic carbocycles. The Bertz CT molecular complexity index is 322. The molecular formula is C15H30ClO4P. The van der Waals surface area contributed by atoms with Crippen molar-refractivity contribution in [3.63, 3.8) is 0 Å². The summed E-state index contributed by atoms with van der Waals surface area (Å²) in [6.45, 7) is 8.13. The van der Waals surface area contributed by atoms with E-state index in [2.05, 4.69) is 0 Å². The summed E-state index contributed by atoms with van der Waals surface area (Å²) in [6, 6.07) is 0. The molecule has 2 unspecified atom stereocenters. The number of rotatable bonds is 13. The minimum Gasteiger partial charge on any atom is -0.308 e. The number of hydrogen-bond acceptors (Lipinski definition) is 4. The number of Topliss-reactive ketones (excluding diaryl/α,β-unsaturated/α-hetero) is 1. The van der Waals surface area contributed by atoms with E-state index in [4.69, 9.17) is 20.6 Å². The van der Waals surface area contributed by atoms with Gasteiger partial charge < -0.3 is 9.05 Å². The summed E-state index contributed by atoms with van der Waals surface area (Å²) in [5.74, 6) is -0.176. The van der Waals surface area contributed by atoms with Crippen molar-refractivity contribution in [2.24, 2.45) is 0 Å². The average Bonchev–Trinajstić information content (AvgIpc) is 2.44. The summed E-state index contributed by atoms with van der Waals surface area (Å²) in [4.78, 5) is 11.9. The lowest BCUT2D eigenvalue weighted by Crippen LogP contribution is -2.25. The lowest BCUT2D eigenvalue weighted by molar-refractivity contribution is -0.117. The molecule has 0 spiro atoms. The Kier molecular flexibility index (Phi) is 11.7. The van der Waals surface area contributed by atoms with Gasteiger partial charge in [-0.25, -0.2) is 0 Å². The van der Waals surface area contributed by atoms with Gasteiger partial charge in [-0.05, 0) is 32.6 Å². The molecule has 0 bridgehead atoms. The van der Waals surface area contributed by atoms with Gasteiger partial charge in [0.25, 0.3) is 0 Å². The number of ketones is 1. The van der Waals surface area contributed by atoms with Gasteiger partial charge in [0.2, 0.25) is 0 Å². The van der Waals surface area contributed by atoms with Crippen molar-refractivity contribution in [3.8, 4) is 0 Å². The van der Waals surface area contributed by atoms with E-state index in [0.29, 0.717) is 19.6 Å². The number of unbranched alkanes of at least 4 members (excludes halogenated alkanes) is 2. The number of hydrogen-bond donors (Lipinski definition) is 0. The molecule has 126 valence electrons. The van der Waals surface area contributed by atoms with Crippen LogP contribution in [-0.4, -0.2) is 30.0 Å². The summed E-state index contributed by atoms with van der Waals surface area (Å²) in [5, 5.41) is -0.197. The first kappa shape index (κ1) is 21.1. The molecule has 0 aromatic rings. The third-order valence-corrected chi connectivity index (χ3v) is 6.22. The van der Waals surface area contributed by atoms with Crippen molar-refractivity contribution < 1.29 is 18.4 Å². The van der Waals surface area contributed by atoms with Crippen LogP contribution >= 0.6 is 19.2 Å². The van der Waals surface area contributed by atoms with Crippen molar-refractivity contribution in [2.45, 2.75) is 77.3 Å². The first-order valence-corrected chi connectivity index (χ1v) is 9.99. The van der Waals surface area contributed by atoms with Gasteiger partial charge in [-0.1, -0.05) is 33.6 Å². The van der Waals surface area contributed by atoms with E-state index in [1.165, 1.54) is 6.92 Å². The van der Waals surface area contributed by atoms with Gasteiger partial charge in [0.1, 0.15) is 11.4 Å². The van der Waals surface area contributed by atoms with Crippen molar-refractivity contribution in [1.82, 2.24) is 0 Å². The van der Waals surface area contributed by atoms with Crippen molar-refractivity contribution in [1.29, 1.82) is 0 Å². The third-order valence-electron chi connectivity index (χ3n) is 3.31. The maximum atomic E-state index is 13.0. The van der Waals surface area contributed by atoms with Crippen molar-refractivity contribution in [3.05, 3.63) is 0 Å². The summed E-state index contributed by atoms with van der Waals surface area (Å²) in [6.07, 6.45) is 4.52. The topological polar surface area (TPSA) is 52.6 Å². The monoisotopic (exact) mass is 340 g/mol. The van der Waals surface area contributed by atoms with E-state index >= 15 is 0 Å². The zero-order valence-corrected chi connectivity index (χ0v) is 15.4. The average molecular weight is 341 g/mol. The number of halogens is 1. The van der Waals surface area contributed by atoms with Crippen molar-refractivity contribution in [2.75, 3.05) is 13.2 Å². The highest BCUT2D eigenvalue weighted by Gasteiger charge is 2.40. The predicted molar refractivity (Wildman–Crippen MR) is 88.3 cm³/mol. The van der Waals surface area contributed by atoms with Crippen LogP contribution in [0.15, 0.2) is 0 Å². The van der Waals surface area contributed by atoms with Gasteiger partial charge in [0, 0.05) is 5.38 Å². The maximum Gasteiger partial charge on any atom is 0.341 e. The lowest BCUT2D eigenvalue weighted by atomic mass is 10.1. The van der Waals surface area contributed by atoms with Gasteiger partial charge in [-0.3, -0.25) is 9.36 Å². The zero-order valence-electron chi connectivity index (χ0n) is 13.8. The van der Waals surface area contributed by atoms with Crippen LogP contribution < -0.4 is 0 Å². The fraction of sp³-hybridized carbons (Fsp3) is 0.933. The molecule has 6 heteroatoms. The standard InChI is InChI=1S/C15H30ClO4P/c1-5-8-10-19-21(18,20-11-9-6-2)15(13(4)17)12-14(16)7-3/h14-15H,5-12H2,1-4H3. The van der Waals surface area contributed by atoms with E-state index < -0.39 is 13.3 Å². The predicted octanol–water partition coefficient (Wildman–Crippen LogP) is 5.18. The summed E-state index contributed by atoms with van der Waals surface area (Å²) >= 11 is 6.15. The smallest absolute Gasteiger partial charge is 0.308 e. The van der Waals surface area contributed by atoms with Crippen LogP contribution in [0.1, 0.15) is 66.2 Å². The van der Waals surface area contributed by atoms with Crippen LogP contribution in [0.25, 0.3) is 0 Å². The van der Waals surface area contributed by atoms with Crippen LogP contribution in [-0.2, 0) is 18.4 Å². The van der Waals surface area contributed by atoms with E-state index in [1.54, 1.807) is 0 Å². The van der Waals surface area contributed by atoms with E-state index in [9.17, 15) is 9.36 Å². The third kappa shape index (κ3) is 8.35. The lowest BCUT2D eigenvalue weighted by Gasteiger charge is -2.26. The van der Waals surface area contributed by atoms with Crippen LogP contribution in [0, 0.1) is 0 Å². The highest BCUT2D eigenvalue weighted by molar-refractivity contribution is 7.55. The Balaban J connectivity index is 4.98. The summed E-state index contributed by atoms with van der Waals surface area (Å²) in [5.41, 5.74) is -0.756. The van der Waals surface area contributed by atoms with Gasteiger partial charge in [-0.15, -0.1) is 11.6 Å². The van der Waals surface area contributed by atoms with E-state index in [-0.39, 0.29) is 11.2 Å². The second-order valence-corrected chi connectivity index (χ2v) is 8.12. The Morgan fingerprint density at radius 1 is 1.10 bits per heavy atom. The van der Waals surface area contributed by atoms with E-state index in [1.807, 2.05) is 20.8 Å².